The Hall–Kier alpha value is -6.17. The summed E-state index contributed by atoms with van der Waals surface area (Å²) in [4.78, 5) is 15.2. The van der Waals surface area contributed by atoms with E-state index in [1.54, 1.807) is 14.2 Å². The summed E-state index contributed by atoms with van der Waals surface area (Å²) in [5, 5.41) is 15.5. The number of anilines is 1. The number of aliphatic hydroxyl groups is 1. The van der Waals surface area contributed by atoms with Crippen molar-refractivity contribution in [2.24, 2.45) is 0 Å². The first-order valence-electron chi connectivity index (χ1n) is 20.0. The number of fused-ring (bicyclic) bond motifs is 1. The van der Waals surface area contributed by atoms with E-state index in [0.29, 0.717) is 24.4 Å². The van der Waals surface area contributed by atoms with Gasteiger partial charge in [0.1, 0.15) is 11.5 Å². The third kappa shape index (κ3) is 9.93. The Balaban J connectivity index is 0.908. The first-order chi connectivity index (χ1) is 28.9. The van der Waals surface area contributed by atoms with Crippen LogP contribution in [-0.2, 0) is 35.6 Å². The van der Waals surface area contributed by atoms with E-state index < -0.39 is 6.29 Å². The van der Waals surface area contributed by atoms with Crippen LogP contribution in [0.5, 0.6) is 23.0 Å². The smallest absolute Gasteiger partial charge is 0.319 e. The topological polar surface area (TPSA) is 111 Å². The van der Waals surface area contributed by atoms with E-state index in [9.17, 15) is 9.90 Å². The van der Waals surface area contributed by atoms with Gasteiger partial charge in [0, 0.05) is 43.9 Å². The average molecular weight is 792 g/mol. The minimum absolute atomic E-state index is 0.00400. The molecule has 8 rings (SSSR count). The van der Waals surface area contributed by atoms with Gasteiger partial charge in [0.25, 0.3) is 0 Å². The summed E-state index contributed by atoms with van der Waals surface area (Å²) in [5.41, 5.74) is 9.10. The number of rotatable bonds is 13. The van der Waals surface area contributed by atoms with Crippen LogP contribution in [0.25, 0.3) is 11.1 Å². The molecule has 0 spiro atoms. The summed E-state index contributed by atoms with van der Waals surface area (Å²) in [5.74, 6) is 2.94. The molecule has 1 saturated heterocycles. The Kier molecular flexibility index (Phi) is 12.5. The lowest BCUT2D eigenvalue weighted by molar-refractivity contribution is -0.253. The van der Waals surface area contributed by atoms with Crippen LogP contribution in [0.2, 0.25) is 0 Å². The number of para-hydroxylation sites is 1. The lowest BCUT2D eigenvalue weighted by Gasteiger charge is -2.39. The van der Waals surface area contributed by atoms with Gasteiger partial charge in [-0.2, -0.15) is 0 Å². The Morgan fingerprint density at radius 2 is 1.44 bits per heavy atom. The number of amides is 2. The quantitative estimate of drug-likeness (QED) is 0.106. The molecule has 2 aliphatic rings. The largest absolute Gasteiger partial charge is 0.493 e. The summed E-state index contributed by atoms with van der Waals surface area (Å²) < 4.78 is 30.4. The van der Waals surface area contributed by atoms with Crippen LogP contribution in [0, 0.1) is 0 Å². The van der Waals surface area contributed by atoms with Crippen molar-refractivity contribution < 1.29 is 33.6 Å². The van der Waals surface area contributed by atoms with Crippen LogP contribution in [0.15, 0.2) is 140 Å². The number of urea groups is 1. The van der Waals surface area contributed by atoms with Gasteiger partial charge in [-0.1, -0.05) is 84.9 Å². The SMILES string of the molecule is COc1cc2c(cc1OC)CN(C[C@H]1C[C@@H](c3ccc(CO)cc3)O[C@@H](c3ccc(-c4cccc(CNC(=O)Nc5ccc(Oc6ccccc6)cc5)c4)cc3)O1)CC2. The van der Waals surface area contributed by atoms with E-state index in [-0.39, 0.29) is 24.8 Å². The normalized spacial score (nSPS) is 17.7. The number of nitrogens with one attached hydrogen (secondary N) is 2. The highest BCUT2D eigenvalue weighted by molar-refractivity contribution is 5.89. The molecule has 0 aliphatic carbocycles. The fourth-order valence-electron chi connectivity index (χ4n) is 7.70. The lowest BCUT2D eigenvalue weighted by Crippen LogP contribution is -2.41. The first kappa shape index (κ1) is 39.6. The van der Waals surface area contributed by atoms with Gasteiger partial charge in [0.2, 0.25) is 0 Å². The molecule has 2 amide bonds. The van der Waals surface area contributed by atoms with Crippen LogP contribution in [0.3, 0.4) is 0 Å². The second-order valence-corrected chi connectivity index (χ2v) is 14.9. The van der Waals surface area contributed by atoms with Crippen molar-refractivity contribution in [1.82, 2.24) is 10.2 Å². The fraction of sp³-hybridized carbons (Fsp3) is 0.245. The van der Waals surface area contributed by atoms with Gasteiger partial charge in [-0.25, -0.2) is 4.79 Å². The molecule has 10 nitrogen and oxygen atoms in total. The number of carbonyl (C=O) groups excluding carboxylic acids is 1. The van der Waals surface area contributed by atoms with Crippen molar-refractivity contribution in [2.75, 3.05) is 32.6 Å². The van der Waals surface area contributed by atoms with Gasteiger partial charge < -0.3 is 39.4 Å². The Labute approximate surface area is 345 Å². The average Bonchev–Trinajstić information content (AvgIpc) is 3.29. The van der Waals surface area contributed by atoms with Gasteiger partial charge in [0.15, 0.2) is 17.8 Å². The Morgan fingerprint density at radius 1 is 0.729 bits per heavy atom. The molecule has 1 fully saturated rings. The molecule has 0 unspecified atom stereocenters. The fourth-order valence-corrected chi connectivity index (χ4v) is 7.70. The molecule has 6 aromatic carbocycles. The lowest BCUT2D eigenvalue weighted by atomic mass is 9.96. The molecule has 59 heavy (non-hydrogen) atoms. The van der Waals surface area contributed by atoms with E-state index in [0.717, 1.165) is 76.7 Å². The van der Waals surface area contributed by atoms with Crippen LogP contribution >= 0.6 is 0 Å². The third-order valence-electron chi connectivity index (χ3n) is 10.9. The molecular formula is C49H49N3O7. The van der Waals surface area contributed by atoms with Gasteiger partial charge >= 0.3 is 6.03 Å². The van der Waals surface area contributed by atoms with E-state index in [1.165, 1.54) is 11.1 Å². The van der Waals surface area contributed by atoms with E-state index in [2.05, 4.69) is 64.1 Å². The van der Waals surface area contributed by atoms with Crippen molar-refractivity contribution in [3.8, 4) is 34.1 Å². The molecule has 0 aromatic heterocycles. The minimum atomic E-state index is -0.562. The zero-order valence-corrected chi connectivity index (χ0v) is 33.3. The number of hydrogen-bond acceptors (Lipinski definition) is 8. The molecule has 0 bridgehead atoms. The second kappa shape index (κ2) is 18.6. The molecule has 6 aromatic rings. The molecule has 2 heterocycles. The highest BCUT2D eigenvalue weighted by atomic mass is 16.7. The Bertz CT molecular complexity index is 2320. The summed E-state index contributed by atoms with van der Waals surface area (Å²) in [7, 11) is 3.34. The maximum Gasteiger partial charge on any atom is 0.319 e. The van der Waals surface area contributed by atoms with Gasteiger partial charge in [-0.3, -0.25) is 4.90 Å². The number of aliphatic hydroxyl groups excluding tert-OH is 1. The maximum atomic E-state index is 12.8. The zero-order chi connectivity index (χ0) is 40.6. The molecule has 3 atom stereocenters. The molecule has 0 saturated carbocycles. The molecule has 10 heteroatoms. The van der Waals surface area contributed by atoms with Crippen molar-refractivity contribution in [3.63, 3.8) is 0 Å². The van der Waals surface area contributed by atoms with Gasteiger partial charge in [0.05, 0.1) is 33.0 Å². The highest BCUT2D eigenvalue weighted by Crippen LogP contribution is 2.40. The zero-order valence-electron chi connectivity index (χ0n) is 33.3. The molecule has 2 aliphatic heterocycles. The summed E-state index contributed by atoms with van der Waals surface area (Å²) in [6, 6.07) is 45.2. The standard InChI is InChI=1S/C49H49N3O7/c1-55-46-26-39-23-24-52(30-40(39)27-47(46)56-2)31-44-28-45(36-13-11-33(32-53)12-14-36)59-48(58-44)37-17-15-35(16-18-37)38-8-6-7-34(25-38)29-50-49(54)51-41-19-21-43(22-20-41)57-42-9-4-3-5-10-42/h3-22,25-27,44-45,48,53H,23-24,28-32H2,1-2H3,(H2,50,51,54)/t44-,45+,48+/m1/s1. The summed E-state index contributed by atoms with van der Waals surface area (Å²) >= 11 is 0. The number of benzene rings is 6. The molecule has 3 N–H and O–H groups in total. The molecule has 0 radical (unpaired) electrons. The van der Waals surface area contributed by atoms with E-state index in [4.69, 9.17) is 23.7 Å². The van der Waals surface area contributed by atoms with E-state index >= 15 is 0 Å². The summed E-state index contributed by atoms with van der Waals surface area (Å²) in [6.45, 7) is 2.83. The minimum Gasteiger partial charge on any atom is -0.493 e. The van der Waals surface area contributed by atoms with Crippen LogP contribution < -0.4 is 24.8 Å². The van der Waals surface area contributed by atoms with Crippen LogP contribution in [-0.4, -0.2) is 49.5 Å². The van der Waals surface area contributed by atoms with Crippen molar-refractivity contribution in [2.45, 2.75) is 51.0 Å². The van der Waals surface area contributed by atoms with Gasteiger partial charge in [-0.15, -0.1) is 0 Å². The number of carbonyl (C=O) groups is 1. The number of nitrogens with zero attached hydrogens (tertiary/aromatic N) is 1. The Morgan fingerprint density at radius 3 is 2.17 bits per heavy atom. The highest BCUT2D eigenvalue weighted by Gasteiger charge is 2.34. The monoisotopic (exact) mass is 791 g/mol. The maximum absolute atomic E-state index is 12.8. The second-order valence-electron chi connectivity index (χ2n) is 14.9. The number of ether oxygens (including phenoxy) is 5. The van der Waals surface area contributed by atoms with E-state index in [1.807, 2.05) is 91.0 Å². The third-order valence-corrected chi connectivity index (χ3v) is 10.9. The number of methoxy groups -OCH3 is 2. The van der Waals surface area contributed by atoms with Crippen molar-refractivity contribution in [1.29, 1.82) is 0 Å². The number of hydrogen-bond donors (Lipinski definition) is 3. The first-order valence-corrected chi connectivity index (χ1v) is 20.0. The predicted molar refractivity (Wildman–Crippen MR) is 228 cm³/mol. The predicted octanol–water partition coefficient (Wildman–Crippen LogP) is 9.58. The van der Waals surface area contributed by atoms with Crippen molar-refractivity contribution >= 4 is 11.7 Å². The van der Waals surface area contributed by atoms with Crippen LogP contribution in [0.1, 0.15) is 52.2 Å². The molecule has 302 valence electrons. The summed E-state index contributed by atoms with van der Waals surface area (Å²) in [6.07, 6.45) is 0.806. The molecular weight excluding hydrogens is 743 g/mol. The van der Waals surface area contributed by atoms with Crippen LogP contribution in [0.4, 0.5) is 10.5 Å². The van der Waals surface area contributed by atoms with Crippen molar-refractivity contribution in [3.05, 3.63) is 173 Å². The van der Waals surface area contributed by atoms with Gasteiger partial charge in [-0.05, 0) is 100.0 Å².